The summed E-state index contributed by atoms with van der Waals surface area (Å²) in [6.45, 7) is 0. The molecule has 0 nitrogen and oxygen atoms in total. The minimum Gasteiger partial charge on any atom is -0.0622 e. The van der Waals surface area contributed by atoms with Crippen molar-refractivity contribution in [3.05, 3.63) is 182 Å². The zero-order chi connectivity index (χ0) is 30.5. The third kappa shape index (κ3) is 4.23. The SMILES string of the molecule is c1ccc(-c2ccccc2-c2cccc(-c3ccc4ccc5cccc6ccc3c4c56)c2-c2ccccc2-c2ccccc2)cc1. The molecule has 0 atom stereocenters. The van der Waals surface area contributed by atoms with Crippen molar-refractivity contribution in [1.82, 2.24) is 0 Å². The fourth-order valence-electron chi connectivity index (χ4n) is 7.42. The van der Waals surface area contributed by atoms with Gasteiger partial charge in [0.05, 0.1) is 0 Å². The summed E-state index contributed by atoms with van der Waals surface area (Å²) in [5.41, 5.74) is 12.3. The van der Waals surface area contributed by atoms with Crippen LogP contribution in [-0.2, 0) is 0 Å². The maximum Gasteiger partial charge on any atom is -0.00201 e. The summed E-state index contributed by atoms with van der Waals surface area (Å²) in [5, 5.41) is 7.82. The summed E-state index contributed by atoms with van der Waals surface area (Å²) in [7, 11) is 0. The van der Waals surface area contributed by atoms with Crippen LogP contribution in [0.1, 0.15) is 0 Å². The topological polar surface area (TPSA) is 0 Å². The molecule has 0 unspecified atom stereocenters. The highest BCUT2D eigenvalue weighted by molar-refractivity contribution is 6.26. The fraction of sp³-hybridized carbons (Fsp3) is 0. The molecule has 214 valence electrons. The second-order valence-corrected chi connectivity index (χ2v) is 12.0. The van der Waals surface area contributed by atoms with Gasteiger partial charge in [-0.2, -0.15) is 0 Å². The Hall–Kier alpha value is -5.98. The molecule has 0 radical (unpaired) electrons. The van der Waals surface area contributed by atoms with Crippen LogP contribution in [0.3, 0.4) is 0 Å². The highest BCUT2D eigenvalue weighted by Crippen LogP contribution is 2.48. The fourth-order valence-corrected chi connectivity index (χ4v) is 7.42. The third-order valence-corrected chi connectivity index (χ3v) is 9.47. The quantitative estimate of drug-likeness (QED) is 0.177. The van der Waals surface area contributed by atoms with Crippen LogP contribution in [0.5, 0.6) is 0 Å². The van der Waals surface area contributed by atoms with E-state index in [4.69, 9.17) is 0 Å². The van der Waals surface area contributed by atoms with Crippen molar-refractivity contribution in [2.75, 3.05) is 0 Å². The van der Waals surface area contributed by atoms with Gasteiger partial charge in [-0.3, -0.25) is 0 Å². The van der Waals surface area contributed by atoms with Crippen molar-refractivity contribution in [3.8, 4) is 55.6 Å². The number of hydrogen-bond acceptors (Lipinski definition) is 0. The third-order valence-electron chi connectivity index (χ3n) is 9.47. The predicted molar refractivity (Wildman–Crippen MR) is 197 cm³/mol. The van der Waals surface area contributed by atoms with Gasteiger partial charge in [-0.1, -0.05) is 182 Å². The highest BCUT2D eigenvalue weighted by atomic mass is 14.2. The Morgan fingerprint density at radius 2 is 0.652 bits per heavy atom. The molecule has 9 aromatic rings. The lowest BCUT2D eigenvalue weighted by molar-refractivity contribution is 1.54. The van der Waals surface area contributed by atoms with Gasteiger partial charge in [0.15, 0.2) is 0 Å². The second kappa shape index (κ2) is 10.9. The largest absolute Gasteiger partial charge is 0.0622 e. The van der Waals surface area contributed by atoms with Crippen LogP contribution < -0.4 is 0 Å². The van der Waals surface area contributed by atoms with E-state index in [0.29, 0.717) is 0 Å². The maximum atomic E-state index is 2.33. The average molecular weight is 583 g/mol. The number of hydrogen-bond donors (Lipinski definition) is 0. The predicted octanol–water partition coefficient (Wildman–Crippen LogP) is 12.9. The van der Waals surface area contributed by atoms with Crippen molar-refractivity contribution in [1.29, 1.82) is 0 Å². The molecule has 0 aliphatic carbocycles. The second-order valence-electron chi connectivity index (χ2n) is 12.0. The highest BCUT2D eigenvalue weighted by Gasteiger charge is 2.21. The average Bonchev–Trinajstić information content (AvgIpc) is 3.14. The molecular weight excluding hydrogens is 553 g/mol. The molecule has 0 saturated heterocycles. The smallest absolute Gasteiger partial charge is 0.00201 e. The Kier molecular flexibility index (Phi) is 6.25. The van der Waals surface area contributed by atoms with Crippen molar-refractivity contribution in [3.63, 3.8) is 0 Å². The van der Waals surface area contributed by atoms with E-state index >= 15 is 0 Å². The standard InChI is InChI=1S/C46H30/c1-3-13-31(14-4-1)36-19-7-9-21-38(36)41-23-12-24-42(46(41)40-22-10-8-20-37(40)32-15-5-2-6-16-32)39-29-27-35-26-25-33-17-11-18-34-28-30-43(39)45(35)44(33)34/h1-30H. The molecule has 0 saturated carbocycles. The molecule has 0 N–H and O–H groups in total. The lowest BCUT2D eigenvalue weighted by Crippen LogP contribution is -1.95. The lowest BCUT2D eigenvalue weighted by atomic mass is 9.81. The van der Waals surface area contributed by atoms with E-state index in [-0.39, 0.29) is 0 Å². The van der Waals surface area contributed by atoms with E-state index in [2.05, 4.69) is 182 Å². The first-order chi connectivity index (χ1) is 22.8. The van der Waals surface area contributed by atoms with Gasteiger partial charge in [0.1, 0.15) is 0 Å². The van der Waals surface area contributed by atoms with Gasteiger partial charge in [-0.25, -0.2) is 0 Å². The molecular formula is C46H30. The molecule has 9 rings (SSSR count). The van der Waals surface area contributed by atoms with Gasteiger partial charge < -0.3 is 0 Å². The summed E-state index contributed by atoms with van der Waals surface area (Å²) in [6.07, 6.45) is 0. The molecule has 0 amide bonds. The van der Waals surface area contributed by atoms with Gasteiger partial charge in [-0.05, 0) is 88.0 Å². The number of rotatable bonds is 5. The van der Waals surface area contributed by atoms with E-state index in [1.54, 1.807) is 0 Å². The Morgan fingerprint density at radius 1 is 0.217 bits per heavy atom. The first-order valence-corrected chi connectivity index (χ1v) is 15.9. The van der Waals surface area contributed by atoms with Gasteiger partial charge in [0, 0.05) is 0 Å². The van der Waals surface area contributed by atoms with Gasteiger partial charge in [0.2, 0.25) is 0 Å². The van der Waals surface area contributed by atoms with Crippen LogP contribution in [0.15, 0.2) is 182 Å². The molecule has 0 spiro atoms. The maximum absolute atomic E-state index is 2.33. The van der Waals surface area contributed by atoms with E-state index < -0.39 is 0 Å². The first kappa shape index (κ1) is 26.4. The Labute approximate surface area is 269 Å². The summed E-state index contributed by atoms with van der Waals surface area (Å²) in [5.74, 6) is 0. The van der Waals surface area contributed by atoms with E-state index in [1.807, 2.05) is 0 Å². The summed E-state index contributed by atoms with van der Waals surface area (Å²) >= 11 is 0. The normalized spacial score (nSPS) is 11.5. The molecule has 46 heavy (non-hydrogen) atoms. The van der Waals surface area contributed by atoms with E-state index in [9.17, 15) is 0 Å². The van der Waals surface area contributed by atoms with Crippen LogP contribution in [0.2, 0.25) is 0 Å². The van der Waals surface area contributed by atoms with E-state index in [0.717, 1.165) is 0 Å². The lowest BCUT2D eigenvalue weighted by Gasteiger charge is -2.22. The summed E-state index contributed by atoms with van der Waals surface area (Å²) < 4.78 is 0. The Balaban J connectivity index is 1.40. The number of benzene rings is 9. The monoisotopic (exact) mass is 582 g/mol. The van der Waals surface area contributed by atoms with E-state index in [1.165, 1.54) is 88.0 Å². The molecule has 0 aliphatic rings. The van der Waals surface area contributed by atoms with Crippen LogP contribution in [0.25, 0.3) is 88.0 Å². The molecule has 0 bridgehead atoms. The van der Waals surface area contributed by atoms with Crippen molar-refractivity contribution < 1.29 is 0 Å². The van der Waals surface area contributed by atoms with Crippen molar-refractivity contribution in [2.24, 2.45) is 0 Å². The van der Waals surface area contributed by atoms with Gasteiger partial charge in [0.25, 0.3) is 0 Å². The minimum absolute atomic E-state index is 1.21. The first-order valence-electron chi connectivity index (χ1n) is 15.9. The minimum atomic E-state index is 1.21. The zero-order valence-electron chi connectivity index (χ0n) is 25.3. The van der Waals surface area contributed by atoms with Crippen LogP contribution >= 0.6 is 0 Å². The molecule has 0 fully saturated rings. The zero-order valence-corrected chi connectivity index (χ0v) is 25.3. The molecule has 9 aromatic carbocycles. The van der Waals surface area contributed by atoms with Crippen molar-refractivity contribution >= 4 is 32.3 Å². The Morgan fingerprint density at radius 3 is 1.30 bits per heavy atom. The van der Waals surface area contributed by atoms with Crippen LogP contribution in [0.4, 0.5) is 0 Å². The van der Waals surface area contributed by atoms with Gasteiger partial charge in [-0.15, -0.1) is 0 Å². The summed E-state index contributed by atoms with van der Waals surface area (Å²) in [4.78, 5) is 0. The molecule has 0 aromatic heterocycles. The summed E-state index contributed by atoms with van der Waals surface area (Å²) in [6, 6.07) is 66.5. The van der Waals surface area contributed by atoms with Crippen molar-refractivity contribution in [2.45, 2.75) is 0 Å². The Bertz CT molecular complexity index is 2490. The van der Waals surface area contributed by atoms with Crippen LogP contribution in [0, 0.1) is 0 Å². The molecule has 0 aliphatic heterocycles. The van der Waals surface area contributed by atoms with Gasteiger partial charge >= 0.3 is 0 Å². The molecule has 0 heteroatoms. The van der Waals surface area contributed by atoms with Crippen LogP contribution in [-0.4, -0.2) is 0 Å². The molecule has 0 heterocycles.